The van der Waals surface area contributed by atoms with Crippen molar-refractivity contribution >= 4 is 5.84 Å². The Morgan fingerprint density at radius 3 is 2.63 bits per heavy atom. The number of rotatable bonds is 6. The molecule has 0 aliphatic heterocycles. The van der Waals surface area contributed by atoms with Gasteiger partial charge in [-0.1, -0.05) is 12.1 Å². The van der Waals surface area contributed by atoms with Crippen LogP contribution in [0.3, 0.4) is 0 Å². The van der Waals surface area contributed by atoms with E-state index in [9.17, 15) is 0 Å². The molecule has 0 aliphatic carbocycles. The highest BCUT2D eigenvalue weighted by atomic mass is 16.5. The maximum absolute atomic E-state index is 7.24. The summed E-state index contributed by atoms with van der Waals surface area (Å²) in [5.41, 5.74) is 7.42. The number of nitrogens with two attached hydrogens (primary N) is 1. The summed E-state index contributed by atoms with van der Waals surface area (Å²) in [7, 11) is 0. The summed E-state index contributed by atoms with van der Waals surface area (Å²) in [5, 5.41) is 11.4. The van der Waals surface area contributed by atoms with Crippen LogP contribution in [0.4, 0.5) is 0 Å². The molecule has 0 radical (unpaired) electrons. The molecule has 0 unspecified atom stereocenters. The lowest BCUT2D eigenvalue weighted by molar-refractivity contribution is 0.306. The molecule has 0 atom stereocenters. The Bertz CT molecular complexity index is 545. The SMILES string of the molecule is CCn1cc(COc2ccc(CC(=N)N)cc2)cn1. The van der Waals surface area contributed by atoms with E-state index in [1.54, 1.807) is 0 Å². The van der Waals surface area contributed by atoms with E-state index < -0.39 is 0 Å². The molecule has 3 N–H and O–H groups in total. The second kappa shape index (κ2) is 6.04. The van der Waals surface area contributed by atoms with E-state index in [1.165, 1.54) is 0 Å². The van der Waals surface area contributed by atoms with E-state index in [0.29, 0.717) is 13.0 Å². The van der Waals surface area contributed by atoms with Crippen LogP contribution in [-0.4, -0.2) is 15.6 Å². The molecule has 1 heterocycles. The normalized spacial score (nSPS) is 10.4. The molecule has 0 saturated heterocycles. The molecule has 0 bridgehead atoms. The van der Waals surface area contributed by atoms with E-state index in [1.807, 2.05) is 48.3 Å². The Labute approximate surface area is 112 Å². The van der Waals surface area contributed by atoms with Gasteiger partial charge < -0.3 is 10.5 Å². The quantitative estimate of drug-likeness (QED) is 0.614. The number of hydrogen-bond donors (Lipinski definition) is 2. The molecular formula is C14H18N4O. The molecule has 0 aliphatic rings. The van der Waals surface area contributed by atoms with Gasteiger partial charge in [0.2, 0.25) is 0 Å². The van der Waals surface area contributed by atoms with Crippen LogP contribution in [0, 0.1) is 5.41 Å². The number of benzene rings is 1. The predicted molar refractivity (Wildman–Crippen MR) is 74.3 cm³/mol. The first-order chi connectivity index (χ1) is 9.17. The lowest BCUT2D eigenvalue weighted by Crippen LogP contribution is -2.12. The van der Waals surface area contributed by atoms with E-state index in [0.717, 1.165) is 23.4 Å². The van der Waals surface area contributed by atoms with Crippen molar-refractivity contribution in [2.24, 2.45) is 5.73 Å². The van der Waals surface area contributed by atoms with Crippen LogP contribution in [-0.2, 0) is 19.6 Å². The maximum Gasteiger partial charge on any atom is 0.119 e. The zero-order chi connectivity index (χ0) is 13.7. The van der Waals surface area contributed by atoms with Gasteiger partial charge in [0, 0.05) is 24.7 Å². The molecule has 0 fully saturated rings. The average Bonchev–Trinajstić information content (AvgIpc) is 2.85. The molecule has 5 nitrogen and oxygen atoms in total. The summed E-state index contributed by atoms with van der Waals surface area (Å²) in [6.45, 7) is 3.41. The molecule has 0 spiro atoms. The minimum atomic E-state index is 0.167. The van der Waals surface area contributed by atoms with Gasteiger partial charge in [-0.25, -0.2) is 0 Å². The van der Waals surface area contributed by atoms with E-state index in [4.69, 9.17) is 15.9 Å². The number of amidine groups is 1. The maximum atomic E-state index is 7.24. The van der Waals surface area contributed by atoms with Gasteiger partial charge in [-0.15, -0.1) is 0 Å². The molecular weight excluding hydrogens is 240 g/mol. The summed E-state index contributed by atoms with van der Waals surface area (Å²) in [5.74, 6) is 0.970. The predicted octanol–water partition coefficient (Wildman–Crippen LogP) is 1.96. The second-order valence-electron chi connectivity index (χ2n) is 4.34. The first kappa shape index (κ1) is 13.1. The smallest absolute Gasteiger partial charge is 0.119 e. The summed E-state index contributed by atoms with van der Waals surface area (Å²) >= 11 is 0. The standard InChI is InChI=1S/C14H18N4O/c1-2-18-9-12(8-17-18)10-19-13-5-3-11(4-6-13)7-14(15)16/h3-6,8-9H,2,7,10H2,1H3,(H3,15,16). The highest BCUT2D eigenvalue weighted by Gasteiger charge is 2.00. The summed E-state index contributed by atoms with van der Waals surface area (Å²) in [4.78, 5) is 0. The summed E-state index contributed by atoms with van der Waals surface area (Å²) < 4.78 is 7.54. The van der Waals surface area contributed by atoms with Crippen LogP contribution < -0.4 is 10.5 Å². The zero-order valence-electron chi connectivity index (χ0n) is 11.0. The van der Waals surface area contributed by atoms with Crippen molar-refractivity contribution in [1.29, 1.82) is 5.41 Å². The lowest BCUT2D eigenvalue weighted by Gasteiger charge is -2.05. The minimum absolute atomic E-state index is 0.167. The van der Waals surface area contributed by atoms with E-state index in [2.05, 4.69) is 5.10 Å². The molecule has 0 saturated carbocycles. The van der Waals surface area contributed by atoms with Crippen molar-refractivity contribution in [3.8, 4) is 5.75 Å². The van der Waals surface area contributed by atoms with Gasteiger partial charge in [-0.3, -0.25) is 10.1 Å². The number of ether oxygens (including phenoxy) is 1. The van der Waals surface area contributed by atoms with Crippen molar-refractivity contribution in [3.63, 3.8) is 0 Å². The van der Waals surface area contributed by atoms with Gasteiger partial charge in [0.25, 0.3) is 0 Å². The molecule has 100 valence electrons. The first-order valence-electron chi connectivity index (χ1n) is 6.23. The van der Waals surface area contributed by atoms with Crippen molar-refractivity contribution in [2.75, 3.05) is 0 Å². The summed E-state index contributed by atoms with van der Waals surface area (Å²) in [6.07, 6.45) is 4.27. The van der Waals surface area contributed by atoms with Crippen molar-refractivity contribution < 1.29 is 4.74 Å². The Kier molecular flexibility index (Phi) is 4.18. The van der Waals surface area contributed by atoms with Crippen molar-refractivity contribution in [3.05, 3.63) is 47.8 Å². The van der Waals surface area contributed by atoms with Gasteiger partial charge >= 0.3 is 0 Å². The Hall–Kier alpha value is -2.30. The minimum Gasteiger partial charge on any atom is -0.489 e. The third-order valence-corrected chi connectivity index (χ3v) is 2.73. The third-order valence-electron chi connectivity index (χ3n) is 2.73. The molecule has 1 aromatic carbocycles. The van der Waals surface area contributed by atoms with Gasteiger partial charge in [0.15, 0.2) is 0 Å². The number of nitrogens with zero attached hydrogens (tertiary/aromatic N) is 2. The monoisotopic (exact) mass is 258 g/mol. The Balaban J connectivity index is 1.90. The topological polar surface area (TPSA) is 76.9 Å². The zero-order valence-corrected chi connectivity index (χ0v) is 11.0. The molecule has 2 rings (SSSR count). The van der Waals surface area contributed by atoms with E-state index >= 15 is 0 Å². The van der Waals surface area contributed by atoms with Crippen LogP contribution in [0.25, 0.3) is 0 Å². The number of aromatic nitrogens is 2. The fourth-order valence-corrected chi connectivity index (χ4v) is 1.74. The van der Waals surface area contributed by atoms with Gasteiger partial charge in [-0.05, 0) is 24.6 Å². The van der Waals surface area contributed by atoms with Gasteiger partial charge in [0.05, 0.1) is 12.0 Å². The van der Waals surface area contributed by atoms with Crippen LogP contribution in [0.1, 0.15) is 18.1 Å². The van der Waals surface area contributed by atoms with Crippen LogP contribution in [0.5, 0.6) is 5.75 Å². The Morgan fingerprint density at radius 1 is 1.32 bits per heavy atom. The van der Waals surface area contributed by atoms with Crippen LogP contribution in [0.2, 0.25) is 0 Å². The van der Waals surface area contributed by atoms with Gasteiger partial charge in [0.1, 0.15) is 12.4 Å². The van der Waals surface area contributed by atoms with E-state index in [-0.39, 0.29) is 5.84 Å². The largest absolute Gasteiger partial charge is 0.489 e. The average molecular weight is 258 g/mol. The Morgan fingerprint density at radius 2 is 2.05 bits per heavy atom. The number of aryl methyl sites for hydroxylation is 1. The molecule has 2 aromatic rings. The number of nitrogens with one attached hydrogen (secondary N) is 1. The van der Waals surface area contributed by atoms with Crippen LogP contribution in [0.15, 0.2) is 36.7 Å². The fourth-order valence-electron chi connectivity index (χ4n) is 1.74. The highest BCUT2D eigenvalue weighted by Crippen LogP contribution is 2.14. The lowest BCUT2D eigenvalue weighted by atomic mass is 10.1. The molecule has 5 heteroatoms. The second-order valence-corrected chi connectivity index (χ2v) is 4.34. The molecule has 19 heavy (non-hydrogen) atoms. The highest BCUT2D eigenvalue weighted by molar-refractivity contribution is 5.79. The van der Waals surface area contributed by atoms with Crippen LogP contribution >= 0.6 is 0 Å². The number of hydrogen-bond acceptors (Lipinski definition) is 3. The van der Waals surface area contributed by atoms with Crippen molar-refractivity contribution in [1.82, 2.24) is 9.78 Å². The van der Waals surface area contributed by atoms with Gasteiger partial charge in [-0.2, -0.15) is 5.10 Å². The third kappa shape index (κ3) is 3.84. The summed E-state index contributed by atoms with van der Waals surface area (Å²) in [6, 6.07) is 7.63. The fraction of sp³-hybridized carbons (Fsp3) is 0.286. The van der Waals surface area contributed by atoms with Crippen molar-refractivity contribution in [2.45, 2.75) is 26.5 Å². The first-order valence-corrected chi connectivity index (χ1v) is 6.23. The molecule has 0 amide bonds. The molecule has 1 aromatic heterocycles.